The van der Waals surface area contributed by atoms with Crippen LogP contribution < -0.4 is 0 Å². The highest BCUT2D eigenvalue weighted by molar-refractivity contribution is 7.90. The third kappa shape index (κ3) is 4.40. The molecule has 0 aliphatic heterocycles. The number of pyridine rings is 2. The molecule has 0 saturated carbocycles. The van der Waals surface area contributed by atoms with E-state index < -0.39 is 9.84 Å². The quantitative estimate of drug-likeness (QED) is 0.404. The molecule has 0 saturated heterocycles. The number of nitrogens with one attached hydrogen (secondary N) is 1. The van der Waals surface area contributed by atoms with Gasteiger partial charge in [0.1, 0.15) is 5.82 Å². The van der Waals surface area contributed by atoms with Crippen molar-refractivity contribution < 1.29 is 8.42 Å². The Morgan fingerprint density at radius 1 is 0.909 bits per heavy atom. The van der Waals surface area contributed by atoms with Crippen LogP contribution in [0.2, 0.25) is 0 Å². The predicted octanol–water partition coefficient (Wildman–Crippen LogP) is 4.99. The maximum absolute atomic E-state index is 12.0. The van der Waals surface area contributed by atoms with Crippen LogP contribution in [0.1, 0.15) is 17.1 Å². The number of nitrogens with zero attached hydrogens (tertiary/aromatic N) is 3. The Kier molecular flexibility index (Phi) is 5.26. The molecule has 3 heterocycles. The summed E-state index contributed by atoms with van der Waals surface area (Å²) >= 11 is 0. The Bertz CT molecular complexity index is 1590. The number of imidazole rings is 1. The zero-order valence-electron chi connectivity index (χ0n) is 18.3. The van der Waals surface area contributed by atoms with E-state index in [1.807, 2.05) is 55.5 Å². The van der Waals surface area contributed by atoms with Crippen LogP contribution in [0.15, 0.2) is 83.9 Å². The van der Waals surface area contributed by atoms with E-state index in [1.165, 1.54) is 6.26 Å². The number of fused-ring (bicyclic) bond motifs is 1. The molecule has 0 spiro atoms. The van der Waals surface area contributed by atoms with Gasteiger partial charge in [-0.05, 0) is 55.0 Å². The van der Waals surface area contributed by atoms with E-state index in [1.54, 1.807) is 24.4 Å². The largest absolute Gasteiger partial charge is 0.340 e. The van der Waals surface area contributed by atoms with E-state index >= 15 is 0 Å². The fraction of sp³-hybridized carbons (Fsp3) is 0.115. The van der Waals surface area contributed by atoms with E-state index in [9.17, 15) is 8.42 Å². The SMILES string of the molecule is Cc1cccc(-c2[nH]c(Cc3cccc(S(C)(=O)=O)c3)nc2-c2ccc3ncccc3c2)n1. The molecule has 0 radical (unpaired) electrons. The van der Waals surface area contributed by atoms with Crippen molar-refractivity contribution >= 4 is 20.7 Å². The molecule has 0 fully saturated rings. The fourth-order valence-corrected chi connectivity index (χ4v) is 4.58. The molecule has 164 valence electrons. The summed E-state index contributed by atoms with van der Waals surface area (Å²) in [5.41, 5.74) is 6.10. The summed E-state index contributed by atoms with van der Waals surface area (Å²) < 4.78 is 23.9. The van der Waals surface area contributed by atoms with Crippen molar-refractivity contribution in [3.8, 4) is 22.6 Å². The van der Waals surface area contributed by atoms with Crippen molar-refractivity contribution in [1.29, 1.82) is 0 Å². The summed E-state index contributed by atoms with van der Waals surface area (Å²) in [7, 11) is -3.28. The first-order valence-corrected chi connectivity index (χ1v) is 12.4. The van der Waals surface area contributed by atoms with Crippen LogP contribution in [0, 0.1) is 6.92 Å². The second-order valence-electron chi connectivity index (χ2n) is 8.08. The number of rotatable bonds is 5. The Morgan fingerprint density at radius 2 is 1.76 bits per heavy atom. The molecule has 0 bridgehead atoms. The number of benzene rings is 2. The molecule has 7 heteroatoms. The standard InChI is InChI=1S/C26H22N4O2S/c1-17-6-3-10-23(28-17)26-25(20-11-12-22-19(16-20)8-5-13-27-22)29-24(30-26)15-18-7-4-9-21(14-18)33(2,31)32/h3-14,16H,15H2,1-2H3,(H,29,30). The van der Waals surface area contributed by atoms with Gasteiger partial charge in [-0.2, -0.15) is 0 Å². The molecule has 2 aromatic carbocycles. The van der Waals surface area contributed by atoms with E-state index in [-0.39, 0.29) is 0 Å². The van der Waals surface area contributed by atoms with Crippen molar-refractivity contribution in [3.63, 3.8) is 0 Å². The molecule has 0 amide bonds. The molecule has 1 N–H and O–H groups in total. The predicted molar refractivity (Wildman–Crippen MR) is 130 cm³/mol. The zero-order chi connectivity index (χ0) is 23.0. The normalized spacial score (nSPS) is 11.7. The lowest BCUT2D eigenvalue weighted by Gasteiger charge is -2.05. The van der Waals surface area contributed by atoms with Crippen LogP contribution in [0.25, 0.3) is 33.5 Å². The number of aryl methyl sites for hydroxylation is 1. The number of hydrogen-bond acceptors (Lipinski definition) is 5. The molecular formula is C26H22N4O2S. The fourth-order valence-electron chi connectivity index (χ4n) is 3.88. The molecule has 3 aromatic heterocycles. The number of aromatic nitrogens is 4. The van der Waals surface area contributed by atoms with Crippen LogP contribution >= 0.6 is 0 Å². The van der Waals surface area contributed by atoms with Crippen LogP contribution in [0.4, 0.5) is 0 Å². The van der Waals surface area contributed by atoms with Gasteiger partial charge in [-0.1, -0.05) is 30.3 Å². The van der Waals surface area contributed by atoms with Gasteiger partial charge in [-0.3, -0.25) is 9.97 Å². The van der Waals surface area contributed by atoms with Crippen LogP contribution in [-0.4, -0.2) is 34.6 Å². The monoisotopic (exact) mass is 454 g/mol. The van der Waals surface area contributed by atoms with Crippen LogP contribution in [0.5, 0.6) is 0 Å². The maximum atomic E-state index is 12.0. The van der Waals surface area contributed by atoms with Gasteiger partial charge in [0.25, 0.3) is 0 Å². The first-order chi connectivity index (χ1) is 15.9. The van der Waals surface area contributed by atoms with Gasteiger partial charge in [-0.15, -0.1) is 0 Å². The van der Waals surface area contributed by atoms with Gasteiger partial charge >= 0.3 is 0 Å². The summed E-state index contributed by atoms with van der Waals surface area (Å²) in [6.45, 7) is 1.96. The first-order valence-electron chi connectivity index (χ1n) is 10.5. The van der Waals surface area contributed by atoms with Crippen molar-refractivity contribution in [2.45, 2.75) is 18.2 Å². The van der Waals surface area contributed by atoms with Gasteiger partial charge in [0.05, 0.1) is 27.5 Å². The summed E-state index contributed by atoms with van der Waals surface area (Å²) in [6.07, 6.45) is 3.46. The first kappa shape index (κ1) is 21.0. The smallest absolute Gasteiger partial charge is 0.175 e. The van der Waals surface area contributed by atoms with E-state index in [0.717, 1.165) is 50.6 Å². The highest BCUT2D eigenvalue weighted by Crippen LogP contribution is 2.31. The Balaban J connectivity index is 1.62. The molecule has 5 aromatic rings. The van der Waals surface area contributed by atoms with Gasteiger partial charge < -0.3 is 4.98 Å². The van der Waals surface area contributed by atoms with Gasteiger partial charge in [0, 0.05) is 35.5 Å². The molecule has 0 aliphatic rings. The molecule has 0 atom stereocenters. The second-order valence-corrected chi connectivity index (χ2v) is 10.1. The maximum Gasteiger partial charge on any atom is 0.175 e. The van der Waals surface area contributed by atoms with Crippen LogP contribution in [-0.2, 0) is 16.3 Å². The van der Waals surface area contributed by atoms with Gasteiger partial charge in [0.15, 0.2) is 9.84 Å². The summed E-state index contributed by atoms with van der Waals surface area (Å²) in [4.78, 5) is 17.8. The molecule has 5 rings (SSSR count). The van der Waals surface area contributed by atoms with Crippen molar-refractivity contribution in [2.75, 3.05) is 6.26 Å². The minimum Gasteiger partial charge on any atom is -0.340 e. The Labute approximate surface area is 192 Å². The van der Waals surface area contributed by atoms with Gasteiger partial charge in [0.2, 0.25) is 0 Å². The number of H-pyrrole nitrogens is 1. The average Bonchev–Trinajstić information content (AvgIpc) is 3.22. The van der Waals surface area contributed by atoms with Crippen molar-refractivity contribution in [3.05, 3.63) is 96.1 Å². The van der Waals surface area contributed by atoms with E-state index in [2.05, 4.69) is 16.0 Å². The molecule has 0 aliphatic carbocycles. The Morgan fingerprint density at radius 3 is 2.58 bits per heavy atom. The number of hydrogen-bond donors (Lipinski definition) is 1. The summed E-state index contributed by atoms with van der Waals surface area (Å²) in [5.74, 6) is 0.736. The van der Waals surface area contributed by atoms with Gasteiger partial charge in [-0.25, -0.2) is 13.4 Å². The number of aromatic amines is 1. The summed E-state index contributed by atoms with van der Waals surface area (Å²) in [5, 5.41) is 1.03. The van der Waals surface area contributed by atoms with Crippen molar-refractivity contribution in [1.82, 2.24) is 19.9 Å². The highest BCUT2D eigenvalue weighted by atomic mass is 32.2. The number of sulfone groups is 1. The average molecular weight is 455 g/mol. The van der Waals surface area contributed by atoms with E-state index in [4.69, 9.17) is 9.97 Å². The zero-order valence-corrected chi connectivity index (χ0v) is 19.1. The molecular weight excluding hydrogens is 432 g/mol. The van der Waals surface area contributed by atoms with Crippen LogP contribution in [0.3, 0.4) is 0 Å². The third-order valence-corrected chi connectivity index (χ3v) is 6.58. The molecule has 33 heavy (non-hydrogen) atoms. The summed E-state index contributed by atoms with van der Waals surface area (Å²) in [6, 6.07) is 22.9. The van der Waals surface area contributed by atoms with E-state index in [0.29, 0.717) is 11.3 Å². The third-order valence-electron chi connectivity index (χ3n) is 5.47. The second kappa shape index (κ2) is 8.26. The lowest BCUT2D eigenvalue weighted by molar-refractivity contribution is 0.601. The minimum atomic E-state index is -3.28. The Hall–Kier alpha value is -3.84. The van der Waals surface area contributed by atoms with Crippen molar-refractivity contribution in [2.24, 2.45) is 0 Å². The molecule has 0 unspecified atom stereocenters. The highest BCUT2D eigenvalue weighted by Gasteiger charge is 2.17. The minimum absolute atomic E-state index is 0.300. The lowest BCUT2D eigenvalue weighted by atomic mass is 10.1. The lowest BCUT2D eigenvalue weighted by Crippen LogP contribution is -1.99. The molecule has 6 nitrogen and oxygen atoms in total. The topological polar surface area (TPSA) is 88.6 Å².